The Balaban J connectivity index is 1.37. The van der Waals surface area contributed by atoms with E-state index in [1.54, 1.807) is 0 Å². The maximum Gasteiger partial charge on any atom is 0.223 e. The van der Waals surface area contributed by atoms with E-state index in [1.165, 1.54) is 38.5 Å². The van der Waals surface area contributed by atoms with Gasteiger partial charge in [0.2, 0.25) is 5.91 Å². The lowest BCUT2D eigenvalue weighted by Gasteiger charge is -2.53. The van der Waals surface area contributed by atoms with Gasteiger partial charge < -0.3 is 10.4 Å². The van der Waals surface area contributed by atoms with Crippen molar-refractivity contribution >= 4 is 5.91 Å². The van der Waals surface area contributed by atoms with Crippen LogP contribution in [0.4, 0.5) is 0 Å². The maximum absolute atomic E-state index is 12.7. The molecule has 2 N–H and O–H groups in total. The molecule has 0 aromatic heterocycles. The Morgan fingerprint density at radius 1 is 0.952 bits per heavy atom. The number of amides is 1. The van der Waals surface area contributed by atoms with Gasteiger partial charge in [-0.25, -0.2) is 0 Å². The second-order valence-corrected chi connectivity index (χ2v) is 8.46. The van der Waals surface area contributed by atoms with E-state index in [9.17, 15) is 9.90 Å². The first-order chi connectivity index (χ1) is 10.1. The van der Waals surface area contributed by atoms with E-state index >= 15 is 0 Å². The molecule has 4 bridgehead atoms. The Morgan fingerprint density at radius 2 is 1.52 bits per heavy atom. The molecule has 1 amide bonds. The summed E-state index contributed by atoms with van der Waals surface area (Å²) >= 11 is 0. The lowest BCUT2D eigenvalue weighted by atomic mass is 9.51. The predicted molar refractivity (Wildman–Crippen MR) is 81.6 cm³/mol. The Hall–Kier alpha value is -0.570. The largest absolute Gasteiger partial charge is 0.388 e. The first-order valence-electron chi connectivity index (χ1n) is 9.13. The third kappa shape index (κ3) is 2.62. The fourth-order valence-electron chi connectivity index (χ4n) is 6.11. The van der Waals surface area contributed by atoms with Crippen LogP contribution in [0.1, 0.15) is 64.2 Å². The highest BCUT2D eigenvalue weighted by Gasteiger charge is 2.50. The molecule has 0 saturated heterocycles. The van der Waals surface area contributed by atoms with Gasteiger partial charge in [0.05, 0.1) is 5.60 Å². The highest BCUT2D eigenvalue weighted by atomic mass is 16.3. The maximum atomic E-state index is 12.7. The van der Waals surface area contributed by atoms with Gasteiger partial charge in [0, 0.05) is 12.5 Å². The molecule has 0 spiro atoms. The van der Waals surface area contributed by atoms with E-state index in [2.05, 4.69) is 5.32 Å². The molecule has 0 heterocycles. The molecule has 5 fully saturated rings. The van der Waals surface area contributed by atoms with Crippen LogP contribution in [0.2, 0.25) is 0 Å². The summed E-state index contributed by atoms with van der Waals surface area (Å²) in [5.41, 5.74) is -0.625. The molecule has 3 heteroatoms. The van der Waals surface area contributed by atoms with Gasteiger partial charge in [-0.15, -0.1) is 0 Å². The van der Waals surface area contributed by atoms with Gasteiger partial charge in [-0.3, -0.25) is 4.79 Å². The molecule has 0 aliphatic heterocycles. The Bertz CT molecular complexity index is 385. The van der Waals surface area contributed by atoms with E-state index in [0.29, 0.717) is 18.4 Å². The van der Waals surface area contributed by atoms with Crippen LogP contribution < -0.4 is 5.32 Å². The van der Waals surface area contributed by atoms with Crippen molar-refractivity contribution in [1.82, 2.24) is 5.32 Å². The average molecular weight is 291 g/mol. The number of hydrogen-bond acceptors (Lipinski definition) is 2. The van der Waals surface area contributed by atoms with Gasteiger partial charge in [0.25, 0.3) is 0 Å². The van der Waals surface area contributed by atoms with Gasteiger partial charge in [0.15, 0.2) is 0 Å². The third-order valence-corrected chi connectivity index (χ3v) is 6.91. The van der Waals surface area contributed by atoms with Gasteiger partial charge in [0.1, 0.15) is 0 Å². The van der Waals surface area contributed by atoms with Crippen molar-refractivity contribution in [1.29, 1.82) is 0 Å². The molecule has 5 saturated carbocycles. The zero-order valence-corrected chi connectivity index (χ0v) is 13.0. The highest BCUT2D eigenvalue weighted by molar-refractivity contribution is 5.79. The van der Waals surface area contributed by atoms with Crippen LogP contribution in [0, 0.1) is 29.6 Å². The molecule has 5 rings (SSSR count). The second-order valence-electron chi connectivity index (χ2n) is 8.46. The minimum atomic E-state index is -0.625. The fourth-order valence-corrected chi connectivity index (χ4v) is 6.11. The zero-order valence-electron chi connectivity index (χ0n) is 13.0. The van der Waals surface area contributed by atoms with Crippen LogP contribution in [0.3, 0.4) is 0 Å². The molecule has 3 nitrogen and oxygen atoms in total. The highest BCUT2D eigenvalue weighted by Crippen LogP contribution is 2.56. The summed E-state index contributed by atoms with van der Waals surface area (Å²) < 4.78 is 0. The predicted octanol–water partition coefficient (Wildman–Crippen LogP) is 2.87. The summed E-state index contributed by atoms with van der Waals surface area (Å²) in [6, 6.07) is 0. The summed E-state index contributed by atoms with van der Waals surface area (Å²) in [4.78, 5) is 12.7. The molecule has 0 aromatic carbocycles. The van der Waals surface area contributed by atoms with Crippen molar-refractivity contribution in [2.45, 2.75) is 69.8 Å². The molecule has 118 valence electrons. The molecular formula is C18H29NO2. The second kappa shape index (κ2) is 5.26. The van der Waals surface area contributed by atoms with E-state index in [0.717, 1.165) is 37.5 Å². The standard InChI is InChI=1S/C18H29NO2/c20-17(19-11-18(21)4-2-1-3-5-18)16-14-7-12-6-13(9-14)10-15(16)8-12/h12-16,21H,1-11H2,(H,19,20). The number of carbonyl (C=O) groups is 1. The summed E-state index contributed by atoms with van der Waals surface area (Å²) in [6.45, 7) is 0.481. The molecule has 0 atom stereocenters. The molecular weight excluding hydrogens is 262 g/mol. The number of carbonyl (C=O) groups excluding carboxylic acids is 1. The minimum Gasteiger partial charge on any atom is -0.388 e. The summed E-state index contributed by atoms with van der Waals surface area (Å²) in [5.74, 6) is 3.62. The Morgan fingerprint density at radius 3 is 2.10 bits per heavy atom. The molecule has 5 aliphatic rings. The van der Waals surface area contributed by atoms with Gasteiger partial charge >= 0.3 is 0 Å². The van der Waals surface area contributed by atoms with Crippen LogP contribution in [-0.4, -0.2) is 23.2 Å². The summed E-state index contributed by atoms with van der Waals surface area (Å²) in [5, 5.41) is 13.7. The number of nitrogens with one attached hydrogen (secondary N) is 1. The van der Waals surface area contributed by atoms with Crippen molar-refractivity contribution < 1.29 is 9.90 Å². The van der Waals surface area contributed by atoms with Crippen LogP contribution in [0.15, 0.2) is 0 Å². The topological polar surface area (TPSA) is 49.3 Å². The lowest BCUT2D eigenvalue weighted by Crippen LogP contribution is -2.53. The van der Waals surface area contributed by atoms with Crippen molar-refractivity contribution in [3.63, 3.8) is 0 Å². The smallest absolute Gasteiger partial charge is 0.223 e. The van der Waals surface area contributed by atoms with Gasteiger partial charge in [-0.2, -0.15) is 0 Å². The molecule has 0 unspecified atom stereocenters. The minimum absolute atomic E-state index is 0.253. The lowest BCUT2D eigenvalue weighted by molar-refractivity contribution is -0.139. The number of aliphatic hydroxyl groups is 1. The van der Waals surface area contributed by atoms with Crippen molar-refractivity contribution in [2.75, 3.05) is 6.54 Å². The van der Waals surface area contributed by atoms with Crippen LogP contribution in [-0.2, 0) is 4.79 Å². The first-order valence-corrected chi connectivity index (χ1v) is 9.13. The Labute approximate surface area is 127 Å². The number of rotatable bonds is 3. The van der Waals surface area contributed by atoms with Crippen LogP contribution >= 0.6 is 0 Å². The van der Waals surface area contributed by atoms with E-state index in [4.69, 9.17) is 0 Å². The van der Waals surface area contributed by atoms with E-state index < -0.39 is 5.60 Å². The fraction of sp³-hybridized carbons (Fsp3) is 0.944. The SMILES string of the molecule is O=C(NCC1(O)CCCCC1)C1C2CC3CC(C2)CC1C3. The molecule has 0 aromatic rings. The molecule has 5 aliphatic carbocycles. The zero-order chi connectivity index (χ0) is 14.4. The van der Waals surface area contributed by atoms with Crippen LogP contribution in [0.25, 0.3) is 0 Å². The van der Waals surface area contributed by atoms with Crippen molar-refractivity contribution in [2.24, 2.45) is 29.6 Å². The Kier molecular flexibility index (Phi) is 3.52. The first kappa shape index (κ1) is 14.0. The molecule has 21 heavy (non-hydrogen) atoms. The van der Waals surface area contributed by atoms with Crippen LogP contribution in [0.5, 0.6) is 0 Å². The van der Waals surface area contributed by atoms with Crippen molar-refractivity contribution in [3.05, 3.63) is 0 Å². The third-order valence-electron chi connectivity index (χ3n) is 6.91. The van der Waals surface area contributed by atoms with Gasteiger partial charge in [-0.1, -0.05) is 19.3 Å². The molecule has 0 radical (unpaired) electrons. The monoisotopic (exact) mass is 291 g/mol. The summed E-state index contributed by atoms with van der Waals surface area (Å²) in [6.07, 6.45) is 11.7. The quantitative estimate of drug-likeness (QED) is 0.840. The average Bonchev–Trinajstić information content (AvgIpc) is 2.45. The normalized spacial score (nSPS) is 43.8. The number of hydrogen-bond donors (Lipinski definition) is 2. The summed E-state index contributed by atoms with van der Waals surface area (Å²) in [7, 11) is 0. The van der Waals surface area contributed by atoms with Gasteiger partial charge in [-0.05, 0) is 68.6 Å². The van der Waals surface area contributed by atoms with E-state index in [-0.39, 0.29) is 11.8 Å². The van der Waals surface area contributed by atoms with E-state index in [1.807, 2.05) is 0 Å². The van der Waals surface area contributed by atoms with Crippen molar-refractivity contribution in [3.8, 4) is 0 Å².